The van der Waals surface area contributed by atoms with Crippen LogP contribution in [-0.2, 0) is 0 Å². The molecule has 56 valence electrons. The summed E-state index contributed by atoms with van der Waals surface area (Å²) in [7, 11) is 0. The average Bonchev–Trinajstić information content (AvgIpc) is 1.85. The van der Waals surface area contributed by atoms with Crippen molar-refractivity contribution in [2.45, 2.75) is 27.7 Å². The molecule has 1 unspecified atom stereocenters. The van der Waals surface area contributed by atoms with E-state index in [9.17, 15) is 0 Å². The molecule has 0 aliphatic heterocycles. The monoisotopic (exact) mass is 136 g/mol. The molecule has 0 amide bonds. The molecular weight excluding hydrogens is 120 g/mol. The van der Waals surface area contributed by atoms with E-state index in [0.717, 1.165) is 0 Å². The van der Waals surface area contributed by atoms with Crippen LogP contribution < -0.4 is 0 Å². The van der Waals surface area contributed by atoms with Crippen LogP contribution in [0.1, 0.15) is 27.7 Å². The molecule has 0 saturated heterocycles. The zero-order chi connectivity index (χ0) is 7.98. The van der Waals surface area contributed by atoms with Crippen molar-refractivity contribution in [1.29, 1.82) is 0 Å². The summed E-state index contributed by atoms with van der Waals surface area (Å²) in [6.45, 7) is 8.34. The quantitative estimate of drug-likeness (QED) is 0.384. The summed E-state index contributed by atoms with van der Waals surface area (Å²) in [5.74, 6) is 7.18. The molecule has 10 heavy (non-hydrogen) atoms. The van der Waals surface area contributed by atoms with E-state index in [-0.39, 0.29) is 0 Å². The first-order valence-electron chi connectivity index (χ1n) is 3.80. The van der Waals surface area contributed by atoms with Crippen LogP contribution in [0, 0.1) is 23.7 Å². The Morgan fingerprint density at radius 1 is 1.10 bits per heavy atom. The maximum absolute atomic E-state index is 3.15. The molecule has 0 aromatic heterocycles. The van der Waals surface area contributed by atoms with E-state index in [1.807, 2.05) is 13.0 Å². The molecule has 0 nitrogen and oxygen atoms in total. The molecule has 0 aliphatic carbocycles. The Kier molecular flexibility index (Phi) is 4.76. The van der Waals surface area contributed by atoms with Gasteiger partial charge >= 0.3 is 0 Å². The lowest BCUT2D eigenvalue weighted by atomic mass is 10.1. The predicted octanol–water partition coefficient (Wildman–Crippen LogP) is 2.86. The van der Waals surface area contributed by atoms with E-state index in [1.54, 1.807) is 0 Å². The molecule has 0 radical (unpaired) electrons. The van der Waals surface area contributed by atoms with Gasteiger partial charge in [0.15, 0.2) is 0 Å². The fourth-order valence-corrected chi connectivity index (χ4v) is 0.635. The minimum absolute atomic E-state index is 0.410. The highest BCUT2D eigenvalue weighted by atomic mass is 13.9. The van der Waals surface area contributed by atoms with Gasteiger partial charge in [-0.3, -0.25) is 0 Å². The molecule has 0 rings (SSSR count). The molecule has 0 bridgehead atoms. The second-order valence-corrected chi connectivity index (χ2v) is 2.76. The maximum Gasteiger partial charge on any atom is 0.0354 e. The van der Waals surface area contributed by atoms with Crippen LogP contribution in [0.2, 0.25) is 0 Å². The van der Waals surface area contributed by atoms with Crippen LogP contribution in [-0.4, -0.2) is 0 Å². The van der Waals surface area contributed by atoms with Gasteiger partial charge in [-0.05, 0) is 13.8 Å². The Labute approximate surface area is 64.3 Å². The van der Waals surface area contributed by atoms with Gasteiger partial charge in [0.2, 0.25) is 0 Å². The summed E-state index contributed by atoms with van der Waals surface area (Å²) in [6, 6.07) is 0. The molecule has 0 aliphatic rings. The topological polar surface area (TPSA) is 0 Å². The predicted molar refractivity (Wildman–Crippen MR) is 46.6 cm³/mol. The minimum Gasteiger partial charge on any atom is -0.0999 e. The molecule has 0 saturated carbocycles. The van der Waals surface area contributed by atoms with Crippen molar-refractivity contribution in [2.24, 2.45) is 11.8 Å². The Balaban J connectivity index is 3.80. The van der Waals surface area contributed by atoms with Gasteiger partial charge in [-0.2, -0.15) is 0 Å². The van der Waals surface area contributed by atoms with Crippen molar-refractivity contribution < 1.29 is 0 Å². The van der Waals surface area contributed by atoms with Crippen molar-refractivity contribution in [2.75, 3.05) is 0 Å². The third-order valence-electron chi connectivity index (χ3n) is 1.08. The van der Waals surface area contributed by atoms with Gasteiger partial charge in [0.1, 0.15) is 0 Å². The van der Waals surface area contributed by atoms with Crippen LogP contribution in [0.4, 0.5) is 0 Å². The smallest absolute Gasteiger partial charge is 0.0354 e. The van der Waals surface area contributed by atoms with E-state index in [4.69, 9.17) is 0 Å². The molecular formula is C10H16. The molecule has 0 fully saturated rings. The molecule has 1 atom stereocenters. The summed E-state index contributed by atoms with van der Waals surface area (Å²) in [6.07, 6.45) is 4.15. The fourth-order valence-electron chi connectivity index (χ4n) is 0.635. The van der Waals surface area contributed by atoms with E-state index in [1.165, 1.54) is 0 Å². The Morgan fingerprint density at radius 3 is 2.10 bits per heavy atom. The van der Waals surface area contributed by atoms with Gasteiger partial charge in [0, 0.05) is 11.8 Å². The van der Waals surface area contributed by atoms with Crippen LogP contribution in [0.3, 0.4) is 0 Å². The SMILES string of the molecule is CC=CC(C)C#CC(C)C. The van der Waals surface area contributed by atoms with Gasteiger partial charge in [-0.25, -0.2) is 0 Å². The maximum atomic E-state index is 3.15. The largest absolute Gasteiger partial charge is 0.0999 e. The molecule has 0 heteroatoms. The van der Waals surface area contributed by atoms with Crippen molar-refractivity contribution in [3.63, 3.8) is 0 Å². The summed E-state index contributed by atoms with van der Waals surface area (Å²) < 4.78 is 0. The fraction of sp³-hybridized carbons (Fsp3) is 0.600. The molecule has 0 N–H and O–H groups in total. The Bertz CT molecular complexity index is 153. The highest BCUT2D eigenvalue weighted by molar-refractivity contribution is 5.10. The zero-order valence-electron chi connectivity index (χ0n) is 7.31. The van der Waals surface area contributed by atoms with Crippen LogP contribution >= 0.6 is 0 Å². The Morgan fingerprint density at radius 2 is 1.70 bits per heavy atom. The summed E-state index contributed by atoms with van der Waals surface area (Å²) in [5, 5.41) is 0. The lowest BCUT2D eigenvalue weighted by Crippen LogP contribution is -1.85. The normalized spacial score (nSPS) is 13.3. The molecule has 0 aromatic rings. The highest BCUT2D eigenvalue weighted by Crippen LogP contribution is 1.95. The number of allylic oxidation sites excluding steroid dienone is 2. The minimum atomic E-state index is 0.410. The van der Waals surface area contributed by atoms with E-state index in [0.29, 0.717) is 11.8 Å². The third-order valence-corrected chi connectivity index (χ3v) is 1.08. The van der Waals surface area contributed by atoms with E-state index >= 15 is 0 Å². The second kappa shape index (κ2) is 5.11. The first-order chi connectivity index (χ1) is 4.66. The molecule has 0 aromatic carbocycles. The van der Waals surface area contributed by atoms with Crippen molar-refractivity contribution in [1.82, 2.24) is 0 Å². The Hall–Kier alpha value is -0.700. The average molecular weight is 136 g/mol. The van der Waals surface area contributed by atoms with Gasteiger partial charge in [0.05, 0.1) is 0 Å². The van der Waals surface area contributed by atoms with Crippen LogP contribution in [0.5, 0.6) is 0 Å². The number of hydrogen-bond donors (Lipinski definition) is 0. The standard InChI is InChI=1S/C10H16/c1-5-6-10(4)8-7-9(2)3/h5-6,9-10H,1-4H3. The molecule has 0 spiro atoms. The van der Waals surface area contributed by atoms with Crippen LogP contribution in [0.25, 0.3) is 0 Å². The summed E-state index contributed by atoms with van der Waals surface area (Å²) >= 11 is 0. The van der Waals surface area contributed by atoms with Crippen LogP contribution in [0.15, 0.2) is 12.2 Å². The van der Waals surface area contributed by atoms with E-state index in [2.05, 4.69) is 38.7 Å². The van der Waals surface area contributed by atoms with Crippen molar-refractivity contribution in [3.8, 4) is 11.8 Å². The van der Waals surface area contributed by atoms with Gasteiger partial charge in [0.25, 0.3) is 0 Å². The van der Waals surface area contributed by atoms with E-state index < -0.39 is 0 Å². The lowest BCUT2D eigenvalue weighted by molar-refractivity contribution is 0.857. The van der Waals surface area contributed by atoms with Gasteiger partial charge in [-0.15, -0.1) is 0 Å². The second-order valence-electron chi connectivity index (χ2n) is 2.76. The third kappa shape index (κ3) is 5.44. The van der Waals surface area contributed by atoms with Crippen molar-refractivity contribution in [3.05, 3.63) is 12.2 Å². The van der Waals surface area contributed by atoms with Crippen molar-refractivity contribution >= 4 is 0 Å². The van der Waals surface area contributed by atoms with Gasteiger partial charge in [-0.1, -0.05) is 37.8 Å². The summed E-state index contributed by atoms with van der Waals surface area (Å²) in [5.41, 5.74) is 0. The highest BCUT2D eigenvalue weighted by Gasteiger charge is 1.87. The first-order valence-corrected chi connectivity index (χ1v) is 3.80. The number of rotatable bonds is 1. The summed E-state index contributed by atoms with van der Waals surface area (Å²) in [4.78, 5) is 0. The van der Waals surface area contributed by atoms with Gasteiger partial charge < -0.3 is 0 Å². The number of hydrogen-bond acceptors (Lipinski definition) is 0. The molecule has 0 heterocycles. The lowest BCUT2D eigenvalue weighted by Gasteiger charge is -1.92. The first kappa shape index (κ1) is 9.30. The zero-order valence-corrected chi connectivity index (χ0v) is 7.31.